The number of aromatic hydroxyl groups is 1. The minimum absolute atomic E-state index is 0.143. The molecule has 2 unspecified atom stereocenters. The second kappa shape index (κ2) is 11.4. The highest BCUT2D eigenvalue weighted by molar-refractivity contribution is 6.00. The Balaban J connectivity index is 2.47. The zero-order chi connectivity index (χ0) is 26.3. The van der Waals surface area contributed by atoms with Gasteiger partial charge in [-0.05, 0) is 51.3 Å². The fourth-order valence-corrected chi connectivity index (χ4v) is 3.39. The van der Waals surface area contributed by atoms with Crippen molar-refractivity contribution in [3.63, 3.8) is 0 Å². The molecule has 0 aromatic heterocycles. The number of benzene rings is 2. The summed E-state index contributed by atoms with van der Waals surface area (Å²) >= 11 is 0. The Morgan fingerprint density at radius 1 is 1.06 bits per heavy atom. The van der Waals surface area contributed by atoms with E-state index in [1.165, 1.54) is 12.1 Å². The van der Waals surface area contributed by atoms with Crippen LogP contribution in [0.1, 0.15) is 51.8 Å². The number of alkyl carbamates (subject to hydrolysis) is 1. The number of nitrogens with one attached hydrogen (secondary N) is 2. The first-order valence-corrected chi connectivity index (χ1v) is 11.3. The largest absolute Gasteiger partial charge is 0.508 e. The number of para-hydroxylation sites is 2. The van der Waals surface area contributed by atoms with E-state index < -0.39 is 35.6 Å². The Morgan fingerprint density at radius 2 is 1.66 bits per heavy atom. The Morgan fingerprint density at radius 3 is 2.20 bits per heavy atom. The molecule has 0 radical (unpaired) electrons. The van der Waals surface area contributed by atoms with Crippen LogP contribution in [-0.4, -0.2) is 39.6 Å². The van der Waals surface area contributed by atoms with Gasteiger partial charge in [-0.2, -0.15) is 0 Å². The zero-order valence-electron chi connectivity index (χ0n) is 21.0. The number of amides is 3. The molecule has 0 heterocycles. The molecular formula is C27H33N3O5. The van der Waals surface area contributed by atoms with Gasteiger partial charge in [-0.3, -0.25) is 14.5 Å². The first kappa shape index (κ1) is 27.3. The molecule has 2 aromatic rings. The molecule has 2 rings (SSSR count). The van der Waals surface area contributed by atoms with Crippen molar-refractivity contribution in [1.82, 2.24) is 10.2 Å². The van der Waals surface area contributed by atoms with Crippen molar-refractivity contribution in [2.24, 2.45) is 5.92 Å². The average molecular weight is 480 g/mol. The van der Waals surface area contributed by atoms with Crippen molar-refractivity contribution >= 4 is 23.6 Å². The van der Waals surface area contributed by atoms with Crippen LogP contribution in [0.15, 0.2) is 48.5 Å². The highest BCUT2D eigenvalue weighted by Crippen LogP contribution is 2.31. The zero-order valence-corrected chi connectivity index (χ0v) is 21.0. The fourth-order valence-electron chi connectivity index (χ4n) is 3.39. The Labute approximate surface area is 206 Å². The van der Waals surface area contributed by atoms with Crippen molar-refractivity contribution in [3.8, 4) is 18.2 Å². The Kier molecular flexibility index (Phi) is 8.90. The maximum Gasteiger partial charge on any atom is 0.408 e. The lowest BCUT2D eigenvalue weighted by molar-refractivity contribution is -0.137. The molecule has 3 amide bonds. The van der Waals surface area contributed by atoms with Crippen molar-refractivity contribution in [1.29, 1.82) is 0 Å². The van der Waals surface area contributed by atoms with Crippen molar-refractivity contribution in [2.75, 3.05) is 5.32 Å². The van der Waals surface area contributed by atoms with E-state index in [0.29, 0.717) is 5.69 Å². The SMILES string of the molecule is C#CN(C(=O)C(NC(=O)OC(C)(C)C)C(C)C)C(C(=O)Nc1ccccc1C)c1ccccc1O. The summed E-state index contributed by atoms with van der Waals surface area (Å²) in [4.78, 5) is 40.4. The van der Waals surface area contributed by atoms with Crippen LogP contribution in [0.25, 0.3) is 0 Å². The molecule has 3 N–H and O–H groups in total. The number of hydrogen-bond donors (Lipinski definition) is 3. The molecule has 0 aliphatic rings. The minimum atomic E-state index is -1.37. The second-order valence-corrected chi connectivity index (χ2v) is 9.47. The van der Waals surface area contributed by atoms with Crippen LogP contribution in [0.4, 0.5) is 10.5 Å². The number of terminal acetylenes is 1. The predicted molar refractivity (Wildman–Crippen MR) is 134 cm³/mol. The van der Waals surface area contributed by atoms with E-state index >= 15 is 0 Å². The van der Waals surface area contributed by atoms with E-state index in [0.717, 1.165) is 10.5 Å². The number of phenols is 1. The maximum absolute atomic E-state index is 13.6. The summed E-state index contributed by atoms with van der Waals surface area (Å²) in [5.74, 6) is -1.89. The summed E-state index contributed by atoms with van der Waals surface area (Å²) in [5, 5.41) is 15.9. The lowest BCUT2D eigenvalue weighted by Crippen LogP contribution is -2.53. The third-order valence-corrected chi connectivity index (χ3v) is 5.12. The summed E-state index contributed by atoms with van der Waals surface area (Å²) < 4.78 is 5.29. The van der Waals surface area contributed by atoms with Gasteiger partial charge < -0.3 is 20.5 Å². The van der Waals surface area contributed by atoms with Gasteiger partial charge in [0.15, 0.2) is 6.04 Å². The van der Waals surface area contributed by atoms with Gasteiger partial charge in [0, 0.05) is 17.3 Å². The molecule has 8 heteroatoms. The number of nitrogens with zero attached hydrogens (tertiary/aromatic N) is 1. The Bertz CT molecular complexity index is 1110. The number of rotatable bonds is 7. The van der Waals surface area contributed by atoms with Crippen molar-refractivity contribution in [3.05, 3.63) is 59.7 Å². The van der Waals surface area contributed by atoms with Gasteiger partial charge in [0.2, 0.25) is 0 Å². The average Bonchev–Trinajstić information content (AvgIpc) is 2.76. The molecule has 0 aliphatic heterocycles. The Hall–Kier alpha value is -3.99. The van der Waals surface area contributed by atoms with Gasteiger partial charge in [0.05, 0.1) is 0 Å². The van der Waals surface area contributed by atoms with Gasteiger partial charge in [0.25, 0.3) is 11.8 Å². The van der Waals surface area contributed by atoms with Gasteiger partial charge in [-0.15, -0.1) is 0 Å². The molecule has 0 saturated heterocycles. The summed E-state index contributed by atoms with van der Waals surface area (Å²) in [6, 6.07) is 13.1. The van der Waals surface area contributed by atoms with E-state index in [1.54, 1.807) is 58.9 Å². The van der Waals surface area contributed by atoms with E-state index in [-0.39, 0.29) is 17.2 Å². The quantitative estimate of drug-likeness (QED) is 0.404. The standard InChI is InChI=1S/C27H33N3O5/c1-8-30(25(33)22(17(2)3)29-26(34)35-27(5,6)7)23(19-14-10-12-16-21(19)31)24(32)28-20-15-11-9-13-18(20)4/h1,9-17,22-23,31H,2-7H3,(H,28,32)(H,29,34). The second-order valence-electron chi connectivity index (χ2n) is 9.47. The number of hydrogen-bond acceptors (Lipinski definition) is 5. The lowest BCUT2D eigenvalue weighted by atomic mass is 9.98. The molecule has 0 fully saturated rings. The molecule has 2 aromatic carbocycles. The molecule has 0 spiro atoms. The molecular weight excluding hydrogens is 446 g/mol. The molecule has 35 heavy (non-hydrogen) atoms. The first-order valence-electron chi connectivity index (χ1n) is 11.3. The third-order valence-electron chi connectivity index (χ3n) is 5.12. The summed E-state index contributed by atoms with van der Waals surface area (Å²) in [6.07, 6.45) is 4.96. The third kappa shape index (κ3) is 7.24. The molecule has 186 valence electrons. The molecule has 0 bridgehead atoms. The molecule has 0 aliphatic carbocycles. The lowest BCUT2D eigenvalue weighted by Gasteiger charge is -2.32. The summed E-state index contributed by atoms with van der Waals surface area (Å²) in [7, 11) is 0. The number of aryl methyl sites for hydroxylation is 1. The number of phenolic OH excluding ortho intramolecular Hbond substituents is 1. The number of carbonyl (C=O) groups is 3. The highest BCUT2D eigenvalue weighted by atomic mass is 16.6. The van der Waals surface area contributed by atoms with Crippen LogP contribution in [0, 0.1) is 25.3 Å². The van der Waals surface area contributed by atoms with Gasteiger partial charge in [0.1, 0.15) is 17.4 Å². The molecule has 2 atom stereocenters. The van der Waals surface area contributed by atoms with Crippen LogP contribution in [0.2, 0.25) is 0 Å². The molecule has 8 nitrogen and oxygen atoms in total. The first-order chi connectivity index (χ1) is 16.4. The van der Waals surface area contributed by atoms with Gasteiger partial charge in [-0.1, -0.05) is 56.7 Å². The van der Waals surface area contributed by atoms with Crippen molar-refractivity contribution in [2.45, 2.75) is 59.2 Å². The topological polar surface area (TPSA) is 108 Å². The molecule has 0 saturated carbocycles. The monoisotopic (exact) mass is 479 g/mol. The predicted octanol–water partition coefficient (Wildman–Crippen LogP) is 4.35. The maximum atomic E-state index is 13.6. The smallest absolute Gasteiger partial charge is 0.408 e. The number of ether oxygens (including phenoxy) is 1. The number of carbonyl (C=O) groups excluding carboxylic acids is 3. The van der Waals surface area contributed by atoms with Crippen molar-refractivity contribution < 1.29 is 24.2 Å². The van der Waals surface area contributed by atoms with E-state index in [2.05, 4.69) is 16.7 Å². The van der Waals surface area contributed by atoms with Gasteiger partial charge in [-0.25, -0.2) is 4.79 Å². The highest BCUT2D eigenvalue weighted by Gasteiger charge is 2.38. The van der Waals surface area contributed by atoms with Crippen LogP contribution in [0.5, 0.6) is 5.75 Å². The van der Waals surface area contributed by atoms with E-state index in [1.807, 2.05) is 19.1 Å². The fraction of sp³-hybridized carbons (Fsp3) is 0.370. The van der Waals surface area contributed by atoms with Crippen LogP contribution in [-0.2, 0) is 14.3 Å². The van der Waals surface area contributed by atoms with E-state index in [9.17, 15) is 19.5 Å². The minimum Gasteiger partial charge on any atom is -0.508 e. The van der Waals surface area contributed by atoms with Crippen LogP contribution < -0.4 is 10.6 Å². The summed E-state index contributed by atoms with van der Waals surface area (Å²) in [6.45, 7) is 10.4. The van der Waals surface area contributed by atoms with Crippen LogP contribution >= 0.6 is 0 Å². The van der Waals surface area contributed by atoms with Crippen LogP contribution in [0.3, 0.4) is 0 Å². The van der Waals surface area contributed by atoms with Gasteiger partial charge >= 0.3 is 6.09 Å². The normalized spacial score (nSPS) is 12.7. The van der Waals surface area contributed by atoms with E-state index in [4.69, 9.17) is 11.2 Å². The number of anilines is 1. The summed E-state index contributed by atoms with van der Waals surface area (Å²) in [5.41, 5.74) is 0.716.